The number of benzene rings is 2. The first-order valence-corrected chi connectivity index (χ1v) is 14.1. The van der Waals surface area contributed by atoms with Crippen LogP contribution in [0.15, 0.2) is 79.6 Å². The zero-order valence-corrected chi connectivity index (χ0v) is 23.8. The van der Waals surface area contributed by atoms with Gasteiger partial charge in [-0.05, 0) is 53.9 Å². The smallest absolute Gasteiger partial charge is 0.360 e. The average Bonchev–Trinajstić information content (AvgIpc) is 3.43. The minimum Gasteiger partial charge on any atom is -0.360 e. The molecule has 2 aromatic carbocycles. The van der Waals surface area contributed by atoms with Gasteiger partial charge in [0.1, 0.15) is 6.33 Å². The van der Waals surface area contributed by atoms with Gasteiger partial charge in [0, 0.05) is 79.9 Å². The molecule has 0 spiro atoms. The van der Waals surface area contributed by atoms with E-state index >= 15 is 0 Å². The number of H-pyrrole nitrogens is 1. The predicted octanol–water partition coefficient (Wildman–Crippen LogP) is 5.58. The number of nitrogens with zero attached hydrogens (tertiary/aromatic N) is 5. The number of rotatable bonds is 7. The molecule has 1 aliphatic rings. The molecular weight excluding hydrogens is 569 g/mol. The Bertz CT molecular complexity index is 1770. The number of hydrogen-bond acceptors (Lipinski definition) is 7. The van der Waals surface area contributed by atoms with E-state index in [0.29, 0.717) is 30.3 Å². The fourth-order valence-electron chi connectivity index (χ4n) is 5.26. The topological polar surface area (TPSA) is 112 Å². The molecule has 0 saturated carbocycles. The maximum Gasteiger partial charge on any atom is 0.416 e. The van der Waals surface area contributed by atoms with Gasteiger partial charge in [-0.1, -0.05) is 18.2 Å². The van der Waals surface area contributed by atoms with Crippen molar-refractivity contribution >= 4 is 11.6 Å². The zero-order chi connectivity index (χ0) is 30.7. The van der Waals surface area contributed by atoms with E-state index in [1.54, 1.807) is 36.8 Å². The Morgan fingerprint density at radius 2 is 1.75 bits per heavy atom. The van der Waals surface area contributed by atoms with Gasteiger partial charge in [0.05, 0.1) is 17.0 Å². The molecule has 3 N–H and O–H groups in total. The van der Waals surface area contributed by atoms with Gasteiger partial charge in [0.2, 0.25) is 0 Å². The second-order valence-electron chi connectivity index (χ2n) is 10.5. The molecule has 12 heteroatoms. The molecule has 6 rings (SSSR count). The Morgan fingerprint density at radius 3 is 2.48 bits per heavy atom. The highest BCUT2D eigenvalue weighted by atomic mass is 19.4. The van der Waals surface area contributed by atoms with Crippen LogP contribution in [0.25, 0.3) is 33.9 Å². The summed E-state index contributed by atoms with van der Waals surface area (Å²) in [7, 11) is 0. The van der Waals surface area contributed by atoms with Crippen LogP contribution in [0.4, 0.5) is 18.9 Å². The highest BCUT2D eigenvalue weighted by Gasteiger charge is 2.34. The molecule has 0 radical (unpaired) electrons. The van der Waals surface area contributed by atoms with Crippen LogP contribution in [-0.4, -0.2) is 61.9 Å². The molecule has 1 aliphatic heterocycles. The fourth-order valence-corrected chi connectivity index (χ4v) is 5.26. The average molecular weight is 599 g/mol. The lowest BCUT2D eigenvalue weighted by atomic mass is 10.0. The first-order chi connectivity index (χ1) is 21.3. The number of nitrogens with one attached hydrogen (secondary N) is 3. The van der Waals surface area contributed by atoms with Crippen LogP contribution in [0.3, 0.4) is 0 Å². The number of amides is 1. The molecule has 0 unspecified atom stereocenters. The summed E-state index contributed by atoms with van der Waals surface area (Å²) in [5.41, 5.74) is 4.58. The van der Waals surface area contributed by atoms with Crippen molar-refractivity contribution < 1.29 is 18.0 Å². The van der Waals surface area contributed by atoms with Crippen LogP contribution in [0, 0.1) is 6.92 Å². The monoisotopic (exact) mass is 598 g/mol. The van der Waals surface area contributed by atoms with Gasteiger partial charge in [0.25, 0.3) is 5.91 Å². The normalized spacial score (nSPS) is 14.0. The van der Waals surface area contributed by atoms with Crippen LogP contribution >= 0.6 is 0 Å². The minimum atomic E-state index is -4.58. The van der Waals surface area contributed by atoms with Crippen LogP contribution in [0.1, 0.15) is 27.0 Å². The minimum absolute atomic E-state index is 0.0615. The summed E-state index contributed by atoms with van der Waals surface area (Å²) in [6, 6.07) is 12.6. The van der Waals surface area contributed by atoms with Crippen molar-refractivity contribution in [2.24, 2.45) is 0 Å². The number of anilines is 1. The number of carbonyl (C=O) groups excluding carboxylic acids is 1. The third kappa shape index (κ3) is 6.36. The number of carbonyl (C=O) groups is 1. The Labute approximate surface area is 251 Å². The van der Waals surface area contributed by atoms with Crippen LogP contribution < -0.4 is 10.6 Å². The molecular formula is C32H29F3N8O. The van der Waals surface area contributed by atoms with E-state index in [0.717, 1.165) is 47.1 Å². The second kappa shape index (κ2) is 12.3. The summed E-state index contributed by atoms with van der Waals surface area (Å²) in [4.78, 5) is 35.6. The van der Waals surface area contributed by atoms with E-state index in [1.807, 2.05) is 30.2 Å². The molecule has 9 nitrogen and oxygen atoms in total. The van der Waals surface area contributed by atoms with Gasteiger partial charge in [-0.15, -0.1) is 0 Å². The molecule has 1 fully saturated rings. The van der Waals surface area contributed by atoms with Gasteiger partial charge in [-0.25, -0.2) is 19.9 Å². The molecule has 0 bridgehead atoms. The highest BCUT2D eigenvalue weighted by molar-refractivity contribution is 6.04. The molecule has 0 aliphatic carbocycles. The molecule has 1 saturated heterocycles. The van der Waals surface area contributed by atoms with Crippen molar-refractivity contribution in [2.45, 2.75) is 19.6 Å². The highest BCUT2D eigenvalue weighted by Crippen LogP contribution is 2.35. The van der Waals surface area contributed by atoms with Crippen LogP contribution in [0.5, 0.6) is 0 Å². The van der Waals surface area contributed by atoms with Crippen molar-refractivity contribution in [2.75, 3.05) is 31.5 Å². The Hall–Kier alpha value is -4.94. The molecule has 1 amide bonds. The SMILES string of the molecule is Cc1c[nH]c(-c2ccc(NC(=O)c3ccc(CN4CCNCC4)c(C(F)(F)F)c3)cc2)c1-c1nccc(-c2cncnc2)n1. The summed E-state index contributed by atoms with van der Waals surface area (Å²) in [6.07, 6.45) is 3.79. The standard InChI is InChI=1S/C32H29F3N8O/c1-20-15-40-29(28(20)30-39-9-8-27(42-30)24-16-37-19-38-17-24)21-4-6-25(7-5-21)41-31(44)22-2-3-23(26(14-22)32(33,34)35)18-43-12-10-36-11-13-43/h2-9,14-17,19,36,40H,10-13,18H2,1H3,(H,41,44). The van der Waals surface area contributed by atoms with Crippen molar-refractivity contribution in [3.8, 4) is 33.9 Å². The van der Waals surface area contributed by atoms with Gasteiger partial charge in [-0.2, -0.15) is 13.2 Å². The number of piperazine rings is 1. The first-order valence-electron chi connectivity index (χ1n) is 14.1. The third-order valence-corrected chi connectivity index (χ3v) is 7.53. The van der Waals surface area contributed by atoms with E-state index in [4.69, 9.17) is 4.98 Å². The number of halogens is 3. The predicted molar refractivity (Wildman–Crippen MR) is 161 cm³/mol. The lowest BCUT2D eigenvalue weighted by molar-refractivity contribution is -0.138. The summed E-state index contributed by atoms with van der Waals surface area (Å²) in [6.45, 7) is 4.93. The van der Waals surface area contributed by atoms with E-state index < -0.39 is 17.6 Å². The first kappa shape index (κ1) is 29.1. The number of aromatic amines is 1. The van der Waals surface area contributed by atoms with Gasteiger partial charge < -0.3 is 15.6 Å². The van der Waals surface area contributed by atoms with Gasteiger partial charge >= 0.3 is 6.18 Å². The Balaban J connectivity index is 1.21. The number of alkyl halides is 3. The molecule has 224 valence electrons. The molecule has 44 heavy (non-hydrogen) atoms. The van der Waals surface area contributed by atoms with Crippen LogP contribution in [0.2, 0.25) is 0 Å². The summed E-state index contributed by atoms with van der Waals surface area (Å²) in [5, 5.41) is 5.92. The summed E-state index contributed by atoms with van der Waals surface area (Å²) < 4.78 is 41.9. The number of aryl methyl sites for hydroxylation is 1. The van der Waals surface area contributed by atoms with Gasteiger partial charge in [0.15, 0.2) is 5.82 Å². The zero-order valence-electron chi connectivity index (χ0n) is 23.8. The van der Waals surface area contributed by atoms with Crippen molar-refractivity contribution in [1.82, 2.24) is 35.1 Å². The lowest BCUT2D eigenvalue weighted by Gasteiger charge is -2.28. The molecule has 4 heterocycles. The largest absolute Gasteiger partial charge is 0.416 e. The maximum absolute atomic E-state index is 14.0. The Morgan fingerprint density at radius 1 is 1.00 bits per heavy atom. The second-order valence-corrected chi connectivity index (χ2v) is 10.5. The number of aromatic nitrogens is 5. The molecule has 0 atom stereocenters. The van der Waals surface area contributed by atoms with Crippen molar-refractivity contribution in [1.29, 1.82) is 0 Å². The lowest BCUT2D eigenvalue weighted by Crippen LogP contribution is -2.43. The van der Waals surface area contributed by atoms with E-state index in [2.05, 4.69) is 30.6 Å². The quantitative estimate of drug-likeness (QED) is 0.224. The molecule has 3 aromatic heterocycles. The van der Waals surface area contributed by atoms with Crippen molar-refractivity contribution in [3.63, 3.8) is 0 Å². The van der Waals surface area contributed by atoms with Crippen molar-refractivity contribution in [3.05, 3.63) is 102 Å². The Kier molecular flexibility index (Phi) is 8.18. The third-order valence-electron chi connectivity index (χ3n) is 7.53. The summed E-state index contributed by atoms with van der Waals surface area (Å²) >= 11 is 0. The summed E-state index contributed by atoms with van der Waals surface area (Å²) in [5.74, 6) is -0.0955. The van der Waals surface area contributed by atoms with E-state index in [9.17, 15) is 18.0 Å². The molecule has 5 aromatic rings. The van der Waals surface area contributed by atoms with Gasteiger partial charge in [-0.3, -0.25) is 9.69 Å². The number of hydrogen-bond donors (Lipinski definition) is 3. The maximum atomic E-state index is 14.0. The van der Waals surface area contributed by atoms with E-state index in [1.165, 1.54) is 18.5 Å². The van der Waals surface area contributed by atoms with Crippen LogP contribution in [-0.2, 0) is 12.7 Å². The van der Waals surface area contributed by atoms with E-state index in [-0.39, 0.29) is 17.7 Å². The fraction of sp³-hybridized carbons (Fsp3) is 0.219.